The van der Waals surface area contributed by atoms with Crippen LogP contribution in [0, 0.1) is 5.92 Å². The zero-order valence-corrected chi connectivity index (χ0v) is 19.7. The second kappa shape index (κ2) is 9.31. The molecule has 0 fully saturated rings. The van der Waals surface area contributed by atoms with Gasteiger partial charge in [-0.05, 0) is 42.0 Å². The van der Waals surface area contributed by atoms with Crippen LogP contribution in [0.5, 0.6) is 0 Å². The van der Waals surface area contributed by atoms with Crippen LogP contribution in [-0.4, -0.2) is 23.3 Å². The van der Waals surface area contributed by atoms with Crippen LogP contribution in [0.25, 0.3) is 10.8 Å². The quantitative estimate of drug-likeness (QED) is 0.337. The molecule has 0 bridgehead atoms. The Morgan fingerprint density at radius 3 is 2.25 bits per heavy atom. The molecule has 0 radical (unpaired) electrons. The summed E-state index contributed by atoms with van der Waals surface area (Å²) in [6, 6.07) is 27.2. The van der Waals surface area contributed by atoms with Gasteiger partial charge in [0.25, 0.3) is 0 Å². The molecule has 4 rings (SSSR count). The maximum absolute atomic E-state index is 14.0. The molecule has 4 aromatic rings. The van der Waals surface area contributed by atoms with Crippen LogP contribution in [0.4, 0.5) is 0 Å². The normalized spacial score (nSPS) is 13.2. The van der Waals surface area contributed by atoms with Crippen molar-refractivity contribution in [2.75, 3.05) is 0 Å². The van der Waals surface area contributed by atoms with Crippen molar-refractivity contribution in [2.24, 2.45) is 5.92 Å². The molecule has 1 heterocycles. The largest absolute Gasteiger partial charge is 0.346 e. The molecule has 5 heteroatoms. The Morgan fingerprint density at radius 1 is 0.812 bits per heavy atom. The highest BCUT2D eigenvalue weighted by Gasteiger charge is 2.32. The van der Waals surface area contributed by atoms with Crippen molar-refractivity contribution in [3.05, 3.63) is 102 Å². The zero-order chi connectivity index (χ0) is 22.7. The van der Waals surface area contributed by atoms with Crippen LogP contribution in [0.2, 0.25) is 0 Å². The fourth-order valence-electron chi connectivity index (χ4n) is 4.01. The number of fused-ring (bicyclic) bond motifs is 1. The minimum atomic E-state index is -3.72. The van der Waals surface area contributed by atoms with Gasteiger partial charge in [0, 0.05) is 29.9 Å². The molecule has 4 nitrogen and oxygen atoms in total. The van der Waals surface area contributed by atoms with Crippen LogP contribution in [0.15, 0.2) is 96.0 Å². The summed E-state index contributed by atoms with van der Waals surface area (Å²) < 4.78 is 31.8. The Hall–Kier alpha value is -2.89. The lowest BCUT2D eigenvalue weighted by atomic mass is 10.1. The van der Waals surface area contributed by atoms with Crippen molar-refractivity contribution < 1.29 is 8.42 Å². The summed E-state index contributed by atoms with van der Waals surface area (Å²) in [6.07, 6.45) is 2.02. The molecule has 1 unspecified atom stereocenters. The van der Waals surface area contributed by atoms with Crippen molar-refractivity contribution in [3.8, 4) is 0 Å². The van der Waals surface area contributed by atoms with Gasteiger partial charge in [-0.3, -0.25) is 0 Å². The van der Waals surface area contributed by atoms with E-state index in [-0.39, 0.29) is 12.0 Å². The first-order valence-corrected chi connectivity index (χ1v) is 12.5. The summed E-state index contributed by atoms with van der Waals surface area (Å²) in [5.74, 6) is 0.178. The third-order valence-corrected chi connectivity index (χ3v) is 8.18. The molecular formula is C27H30N2O2S. The topological polar surface area (TPSA) is 42.3 Å². The summed E-state index contributed by atoms with van der Waals surface area (Å²) >= 11 is 0. The minimum Gasteiger partial charge on any atom is -0.346 e. The van der Waals surface area contributed by atoms with Gasteiger partial charge >= 0.3 is 0 Å². The maximum atomic E-state index is 14.0. The molecule has 0 aliphatic heterocycles. The highest BCUT2D eigenvalue weighted by Crippen LogP contribution is 2.30. The highest BCUT2D eigenvalue weighted by molar-refractivity contribution is 7.89. The summed E-state index contributed by atoms with van der Waals surface area (Å²) in [5, 5.41) is 1.69. The van der Waals surface area contributed by atoms with Gasteiger partial charge in [-0.1, -0.05) is 80.6 Å². The van der Waals surface area contributed by atoms with Crippen molar-refractivity contribution in [2.45, 2.75) is 44.8 Å². The van der Waals surface area contributed by atoms with Crippen molar-refractivity contribution in [1.29, 1.82) is 0 Å². The first-order valence-electron chi connectivity index (χ1n) is 11.1. The Labute approximate surface area is 191 Å². The average Bonchev–Trinajstić information content (AvgIpc) is 3.23. The molecule has 32 heavy (non-hydrogen) atoms. The van der Waals surface area contributed by atoms with Gasteiger partial charge in [0.05, 0.1) is 11.4 Å². The molecule has 166 valence electrons. The van der Waals surface area contributed by atoms with Gasteiger partial charge < -0.3 is 4.57 Å². The molecule has 1 atom stereocenters. The van der Waals surface area contributed by atoms with Gasteiger partial charge in [-0.2, -0.15) is 4.31 Å². The Morgan fingerprint density at radius 2 is 1.50 bits per heavy atom. The number of aromatic nitrogens is 1. The molecule has 0 N–H and O–H groups in total. The fourth-order valence-corrected chi connectivity index (χ4v) is 5.96. The number of hydrogen-bond acceptors (Lipinski definition) is 2. The third kappa shape index (κ3) is 4.50. The second-order valence-electron chi connectivity index (χ2n) is 8.63. The first kappa shape index (κ1) is 22.3. The van der Waals surface area contributed by atoms with E-state index in [0.717, 1.165) is 16.5 Å². The zero-order valence-electron chi connectivity index (χ0n) is 18.8. The van der Waals surface area contributed by atoms with Crippen molar-refractivity contribution >= 4 is 20.8 Å². The monoisotopic (exact) mass is 446 g/mol. The standard InChI is InChI=1S/C27H30N2O2S/c1-21(2)22(3)29(20-25-15-10-18-28(25)19-23-11-5-4-6-12-23)32(30,31)27-17-9-14-24-13-7-8-16-26(24)27/h4-18,21-22H,19-20H2,1-3H3. The van der Waals surface area contributed by atoms with E-state index < -0.39 is 10.0 Å². The van der Waals surface area contributed by atoms with Gasteiger partial charge in [0.15, 0.2) is 0 Å². The second-order valence-corrected chi connectivity index (χ2v) is 10.5. The SMILES string of the molecule is CC(C)C(C)N(Cc1cccn1Cc1ccccc1)S(=O)(=O)c1cccc2ccccc12. The highest BCUT2D eigenvalue weighted by atomic mass is 32.2. The van der Waals surface area contributed by atoms with Crippen molar-refractivity contribution in [1.82, 2.24) is 8.87 Å². The van der Waals surface area contributed by atoms with Crippen LogP contribution in [-0.2, 0) is 23.1 Å². The minimum absolute atomic E-state index is 0.154. The Kier molecular flexibility index (Phi) is 6.49. The molecule has 1 aromatic heterocycles. The fraction of sp³-hybridized carbons (Fsp3) is 0.259. The molecule has 0 spiro atoms. The van der Waals surface area contributed by atoms with E-state index in [1.807, 2.05) is 79.9 Å². The predicted octanol–water partition coefficient (Wildman–Crippen LogP) is 5.93. The molecule has 0 aliphatic carbocycles. The molecule has 3 aromatic carbocycles. The number of hydrogen-bond donors (Lipinski definition) is 0. The smallest absolute Gasteiger partial charge is 0.244 e. The lowest BCUT2D eigenvalue weighted by Crippen LogP contribution is -2.41. The first-order chi connectivity index (χ1) is 15.4. The van der Waals surface area contributed by atoms with E-state index in [1.54, 1.807) is 10.4 Å². The third-order valence-electron chi connectivity index (χ3n) is 6.19. The molecule has 0 saturated heterocycles. The number of benzene rings is 3. The molecule has 0 saturated carbocycles. The van der Waals surface area contributed by atoms with Crippen LogP contribution in [0.3, 0.4) is 0 Å². The van der Waals surface area contributed by atoms with Crippen LogP contribution < -0.4 is 0 Å². The van der Waals surface area contributed by atoms with Gasteiger partial charge in [-0.25, -0.2) is 8.42 Å². The molecule has 0 aliphatic rings. The molecular weight excluding hydrogens is 416 g/mol. The Balaban J connectivity index is 1.74. The van der Waals surface area contributed by atoms with E-state index in [9.17, 15) is 8.42 Å². The van der Waals surface area contributed by atoms with E-state index in [4.69, 9.17) is 0 Å². The summed E-state index contributed by atoms with van der Waals surface area (Å²) in [4.78, 5) is 0.365. The summed E-state index contributed by atoms with van der Waals surface area (Å²) in [7, 11) is -3.72. The number of sulfonamides is 1. The van der Waals surface area contributed by atoms with E-state index in [1.165, 1.54) is 5.56 Å². The number of nitrogens with zero attached hydrogens (tertiary/aromatic N) is 2. The summed E-state index contributed by atoms with van der Waals surface area (Å²) in [5.41, 5.74) is 2.16. The van der Waals surface area contributed by atoms with Crippen LogP contribution in [0.1, 0.15) is 32.0 Å². The van der Waals surface area contributed by atoms with Crippen LogP contribution >= 0.6 is 0 Å². The van der Waals surface area contributed by atoms with Gasteiger partial charge in [0.2, 0.25) is 10.0 Å². The van der Waals surface area contributed by atoms with Crippen molar-refractivity contribution in [3.63, 3.8) is 0 Å². The maximum Gasteiger partial charge on any atom is 0.244 e. The summed E-state index contributed by atoms with van der Waals surface area (Å²) in [6.45, 7) is 7.17. The lowest BCUT2D eigenvalue weighted by Gasteiger charge is -2.31. The van der Waals surface area contributed by atoms with E-state index in [0.29, 0.717) is 18.0 Å². The Bertz CT molecular complexity index is 1290. The average molecular weight is 447 g/mol. The number of rotatable bonds is 8. The van der Waals surface area contributed by atoms with E-state index >= 15 is 0 Å². The lowest BCUT2D eigenvalue weighted by molar-refractivity contribution is 0.266. The molecule has 0 amide bonds. The predicted molar refractivity (Wildman–Crippen MR) is 131 cm³/mol. The van der Waals surface area contributed by atoms with E-state index in [2.05, 4.69) is 30.5 Å². The van der Waals surface area contributed by atoms with Gasteiger partial charge in [0.1, 0.15) is 0 Å². The van der Waals surface area contributed by atoms with Gasteiger partial charge in [-0.15, -0.1) is 0 Å².